The number of nitrogens with zero attached hydrogens (tertiary/aromatic N) is 1. The summed E-state index contributed by atoms with van der Waals surface area (Å²) in [5, 5.41) is 0. The van der Waals surface area contributed by atoms with Crippen LogP contribution in [0.4, 0.5) is 0 Å². The molecule has 1 saturated heterocycles. The van der Waals surface area contributed by atoms with Crippen molar-refractivity contribution in [2.75, 3.05) is 19.6 Å². The first-order chi connectivity index (χ1) is 7.28. The van der Waals surface area contributed by atoms with Gasteiger partial charge in [-0.25, -0.2) is 0 Å². The number of benzene rings is 1. The predicted molar refractivity (Wildman–Crippen MR) is 65.3 cm³/mol. The molecule has 2 rings (SSSR count). The SMILES string of the molecule is CCN1CCC(Oc2cccc(Br)c2)C1. The molecular formula is C12H16BrNO. The number of halogens is 1. The van der Waals surface area contributed by atoms with Gasteiger partial charge in [0.15, 0.2) is 0 Å². The zero-order valence-electron chi connectivity index (χ0n) is 8.95. The first kappa shape index (κ1) is 11.0. The smallest absolute Gasteiger partial charge is 0.120 e. The van der Waals surface area contributed by atoms with Crippen molar-refractivity contribution in [1.29, 1.82) is 0 Å². The lowest BCUT2D eigenvalue weighted by Gasteiger charge is -2.15. The molecule has 1 unspecified atom stereocenters. The van der Waals surface area contributed by atoms with Crippen molar-refractivity contribution < 1.29 is 4.74 Å². The normalized spacial score (nSPS) is 21.9. The maximum Gasteiger partial charge on any atom is 0.120 e. The summed E-state index contributed by atoms with van der Waals surface area (Å²) in [6.45, 7) is 5.54. The third-order valence-electron chi connectivity index (χ3n) is 2.78. The summed E-state index contributed by atoms with van der Waals surface area (Å²) in [4.78, 5) is 2.42. The Morgan fingerprint density at radius 3 is 3.07 bits per heavy atom. The van der Waals surface area contributed by atoms with Crippen molar-refractivity contribution >= 4 is 15.9 Å². The minimum Gasteiger partial charge on any atom is -0.489 e. The maximum absolute atomic E-state index is 5.92. The van der Waals surface area contributed by atoms with Crippen LogP contribution in [-0.4, -0.2) is 30.6 Å². The summed E-state index contributed by atoms with van der Waals surface area (Å²) in [6, 6.07) is 8.06. The second kappa shape index (κ2) is 4.99. The van der Waals surface area contributed by atoms with Gasteiger partial charge in [0.25, 0.3) is 0 Å². The molecular weight excluding hydrogens is 254 g/mol. The average molecular weight is 270 g/mol. The van der Waals surface area contributed by atoms with E-state index in [2.05, 4.69) is 27.8 Å². The van der Waals surface area contributed by atoms with Crippen LogP contribution < -0.4 is 4.74 Å². The number of likely N-dealkylation sites (tertiary alicyclic amines) is 1. The highest BCUT2D eigenvalue weighted by Crippen LogP contribution is 2.21. The van der Waals surface area contributed by atoms with Crippen LogP contribution >= 0.6 is 15.9 Å². The van der Waals surface area contributed by atoms with Gasteiger partial charge < -0.3 is 4.74 Å². The lowest BCUT2D eigenvalue weighted by molar-refractivity contribution is 0.202. The van der Waals surface area contributed by atoms with E-state index >= 15 is 0 Å². The van der Waals surface area contributed by atoms with Gasteiger partial charge in [-0.1, -0.05) is 28.9 Å². The van der Waals surface area contributed by atoms with Gasteiger partial charge in [0.05, 0.1) is 0 Å². The van der Waals surface area contributed by atoms with Crippen LogP contribution in [0.3, 0.4) is 0 Å². The Labute approximate surface area is 99.4 Å². The molecule has 1 atom stereocenters. The molecule has 1 aromatic rings. The van der Waals surface area contributed by atoms with Crippen LogP contribution in [0.2, 0.25) is 0 Å². The van der Waals surface area contributed by atoms with Crippen molar-refractivity contribution in [1.82, 2.24) is 4.90 Å². The van der Waals surface area contributed by atoms with Gasteiger partial charge in [-0.3, -0.25) is 4.90 Å². The van der Waals surface area contributed by atoms with E-state index in [4.69, 9.17) is 4.74 Å². The predicted octanol–water partition coefficient (Wildman–Crippen LogP) is 2.92. The minimum atomic E-state index is 0.360. The quantitative estimate of drug-likeness (QED) is 0.837. The third-order valence-corrected chi connectivity index (χ3v) is 3.27. The number of likely N-dealkylation sites (N-methyl/N-ethyl adjacent to an activating group) is 1. The Kier molecular flexibility index (Phi) is 3.65. The molecule has 0 aliphatic carbocycles. The van der Waals surface area contributed by atoms with Crippen LogP contribution in [0.25, 0.3) is 0 Å². The van der Waals surface area contributed by atoms with Crippen LogP contribution in [0.15, 0.2) is 28.7 Å². The van der Waals surface area contributed by atoms with E-state index in [-0.39, 0.29) is 0 Å². The zero-order chi connectivity index (χ0) is 10.7. The van der Waals surface area contributed by atoms with Crippen molar-refractivity contribution in [3.8, 4) is 5.75 Å². The van der Waals surface area contributed by atoms with Crippen molar-refractivity contribution in [3.05, 3.63) is 28.7 Å². The Morgan fingerprint density at radius 2 is 2.40 bits per heavy atom. The Bertz CT molecular complexity index is 329. The molecule has 0 amide bonds. The van der Waals surface area contributed by atoms with E-state index < -0.39 is 0 Å². The lowest BCUT2D eigenvalue weighted by atomic mass is 10.3. The van der Waals surface area contributed by atoms with E-state index in [0.717, 1.165) is 36.3 Å². The molecule has 0 bridgehead atoms. The summed E-state index contributed by atoms with van der Waals surface area (Å²) in [7, 11) is 0. The number of hydrogen-bond acceptors (Lipinski definition) is 2. The number of rotatable bonds is 3. The second-order valence-corrected chi connectivity index (χ2v) is 4.79. The van der Waals surface area contributed by atoms with Crippen LogP contribution in [0.5, 0.6) is 5.75 Å². The molecule has 3 heteroatoms. The van der Waals surface area contributed by atoms with E-state index in [0.29, 0.717) is 6.10 Å². The largest absolute Gasteiger partial charge is 0.489 e. The van der Waals surface area contributed by atoms with Gasteiger partial charge in [0.1, 0.15) is 11.9 Å². The van der Waals surface area contributed by atoms with E-state index in [1.165, 1.54) is 0 Å². The molecule has 0 spiro atoms. The van der Waals surface area contributed by atoms with Gasteiger partial charge in [-0.2, -0.15) is 0 Å². The molecule has 82 valence electrons. The minimum absolute atomic E-state index is 0.360. The molecule has 1 aliphatic rings. The molecule has 1 aromatic carbocycles. The van der Waals surface area contributed by atoms with Crippen LogP contribution in [-0.2, 0) is 0 Å². The lowest BCUT2D eigenvalue weighted by Crippen LogP contribution is -2.24. The summed E-state index contributed by atoms with van der Waals surface area (Å²) in [5.74, 6) is 0.965. The molecule has 0 aromatic heterocycles. The fourth-order valence-electron chi connectivity index (χ4n) is 1.91. The highest BCUT2D eigenvalue weighted by Gasteiger charge is 2.22. The molecule has 15 heavy (non-hydrogen) atoms. The monoisotopic (exact) mass is 269 g/mol. The highest BCUT2D eigenvalue weighted by molar-refractivity contribution is 9.10. The van der Waals surface area contributed by atoms with Crippen LogP contribution in [0, 0.1) is 0 Å². The fraction of sp³-hybridized carbons (Fsp3) is 0.500. The maximum atomic E-state index is 5.92. The molecule has 0 radical (unpaired) electrons. The van der Waals surface area contributed by atoms with E-state index in [1.54, 1.807) is 0 Å². The van der Waals surface area contributed by atoms with E-state index in [9.17, 15) is 0 Å². The first-order valence-electron chi connectivity index (χ1n) is 5.42. The van der Waals surface area contributed by atoms with Crippen molar-refractivity contribution in [3.63, 3.8) is 0 Å². The Morgan fingerprint density at radius 1 is 1.53 bits per heavy atom. The molecule has 2 nitrogen and oxygen atoms in total. The summed E-state index contributed by atoms with van der Waals surface area (Å²) in [5.41, 5.74) is 0. The zero-order valence-corrected chi connectivity index (χ0v) is 10.5. The van der Waals surface area contributed by atoms with Gasteiger partial charge in [0.2, 0.25) is 0 Å². The van der Waals surface area contributed by atoms with Gasteiger partial charge in [-0.15, -0.1) is 0 Å². The average Bonchev–Trinajstić information content (AvgIpc) is 2.65. The highest BCUT2D eigenvalue weighted by atomic mass is 79.9. The first-order valence-corrected chi connectivity index (χ1v) is 6.22. The van der Waals surface area contributed by atoms with Gasteiger partial charge >= 0.3 is 0 Å². The number of hydrogen-bond donors (Lipinski definition) is 0. The van der Waals surface area contributed by atoms with Crippen molar-refractivity contribution in [2.45, 2.75) is 19.4 Å². The summed E-state index contributed by atoms with van der Waals surface area (Å²) >= 11 is 3.45. The Hall–Kier alpha value is -0.540. The van der Waals surface area contributed by atoms with Crippen molar-refractivity contribution in [2.24, 2.45) is 0 Å². The Balaban J connectivity index is 1.92. The second-order valence-electron chi connectivity index (χ2n) is 3.88. The number of ether oxygens (including phenoxy) is 1. The fourth-order valence-corrected chi connectivity index (χ4v) is 2.29. The molecule has 0 N–H and O–H groups in total. The molecule has 1 heterocycles. The third kappa shape index (κ3) is 2.95. The summed E-state index contributed by atoms with van der Waals surface area (Å²) in [6.07, 6.45) is 1.50. The van der Waals surface area contributed by atoms with Gasteiger partial charge in [0, 0.05) is 17.6 Å². The molecule has 1 fully saturated rings. The molecule has 0 saturated carbocycles. The van der Waals surface area contributed by atoms with Crippen LogP contribution in [0.1, 0.15) is 13.3 Å². The standard InChI is InChI=1S/C12H16BrNO/c1-2-14-7-6-12(9-14)15-11-5-3-4-10(13)8-11/h3-5,8,12H,2,6-7,9H2,1H3. The summed E-state index contributed by atoms with van der Waals surface area (Å²) < 4.78 is 6.99. The molecule has 1 aliphatic heterocycles. The van der Waals surface area contributed by atoms with E-state index in [1.807, 2.05) is 24.3 Å². The topological polar surface area (TPSA) is 12.5 Å². The van der Waals surface area contributed by atoms with Gasteiger partial charge in [-0.05, 0) is 31.2 Å².